The molecule has 3 heterocycles. The Kier molecular flexibility index (Phi) is 6.19. The molecule has 1 atom stereocenters. The van der Waals surface area contributed by atoms with E-state index in [0.29, 0.717) is 12.3 Å². The van der Waals surface area contributed by atoms with Crippen LogP contribution in [0.2, 0.25) is 0 Å². The number of piperidine rings is 1. The van der Waals surface area contributed by atoms with Crippen molar-refractivity contribution in [3.05, 3.63) is 27.5 Å². The van der Waals surface area contributed by atoms with E-state index >= 15 is 0 Å². The summed E-state index contributed by atoms with van der Waals surface area (Å²) in [4.78, 5) is 20.7. The van der Waals surface area contributed by atoms with Crippen LogP contribution in [-0.4, -0.2) is 40.3 Å². The quantitative estimate of drug-likeness (QED) is 0.825. The monoisotopic (exact) mass is 389 g/mol. The lowest BCUT2D eigenvalue weighted by Gasteiger charge is -2.32. The van der Waals surface area contributed by atoms with Crippen LogP contribution < -0.4 is 10.2 Å². The molecule has 7 heteroatoms. The lowest BCUT2D eigenvalue weighted by atomic mass is 9.98. The molecule has 1 unspecified atom stereocenters. The summed E-state index contributed by atoms with van der Waals surface area (Å²) in [6.45, 7) is 11.1. The highest BCUT2D eigenvalue weighted by atomic mass is 32.1. The van der Waals surface area contributed by atoms with Crippen LogP contribution in [-0.2, 0) is 18.3 Å². The highest BCUT2D eigenvalue weighted by Gasteiger charge is 2.23. The maximum absolute atomic E-state index is 12.3. The second-order valence-electron chi connectivity index (χ2n) is 7.67. The van der Waals surface area contributed by atoms with Gasteiger partial charge >= 0.3 is 0 Å². The largest absolute Gasteiger partial charge is 0.356 e. The smallest absolute Gasteiger partial charge is 0.220 e. The molecule has 148 valence electrons. The van der Waals surface area contributed by atoms with E-state index in [9.17, 15) is 4.79 Å². The van der Waals surface area contributed by atoms with Crippen LogP contribution in [0.15, 0.2) is 0 Å². The third-order valence-electron chi connectivity index (χ3n) is 5.66. The number of rotatable bonds is 6. The van der Waals surface area contributed by atoms with Crippen molar-refractivity contribution in [2.45, 2.75) is 53.4 Å². The maximum atomic E-state index is 12.3. The van der Waals surface area contributed by atoms with Gasteiger partial charge in [-0.25, -0.2) is 4.98 Å². The van der Waals surface area contributed by atoms with Gasteiger partial charge in [-0.1, -0.05) is 0 Å². The molecule has 6 nitrogen and oxygen atoms in total. The molecule has 1 N–H and O–H groups in total. The Morgan fingerprint density at radius 2 is 2.04 bits per heavy atom. The van der Waals surface area contributed by atoms with E-state index in [4.69, 9.17) is 4.98 Å². The number of amides is 1. The van der Waals surface area contributed by atoms with Gasteiger partial charge in [0.25, 0.3) is 0 Å². The molecule has 2 aromatic rings. The molecule has 1 saturated heterocycles. The van der Waals surface area contributed by atoms with E-state index < -0.39 is 0 Å². The Hall–Kier alpha value is -1.89. The van der Waals surface area contributed by atoms with Gasteiger partial charge in [-0.15, -0.1) is 11.3 Å². The van der Waals surface area contributed by atoms with Crippen molar-refractivity contribution in [1.82, 2.24) is 20.1 Å². The summed E-state index contributed by atoms with van der Waals surface area (Å²) in [5.41, 5.74) is 4.51. The summed E-state index contributed by atoms with van der Waals surface area (Å²) in [5, 5.41) is 8.70. The van der Waals surface area contributed by atoms with Crippen LogP contribution in [0, 0.1) is 33.6 Å². The average molecular weight is 390 g/mol. The topological polar surface area (TPSA) is 63.1 Å². The Morgan fingerprint density at radius 3 is 2.67 bits per heavy atom. The Balaban J connectivity index is 1.47. The van der Waals surface area contributed by atoms with Crippen LogP contribution in [0.5, 0.6) is 0 Å². The molecule has 27 heavy (non-hydrogen) atoms. The number of nitrogens with zero attached hydrogens (tertiary/aromatic N) is 4. The molecule has 0 aromatic carbocycles. The molecule has 0 spiro atoms. The highest BCUT2D eigenvalue weighted by Crippen LogP contribution is 2.29. The highest BCUT2D eigenvalue weighted by molar-refractivity contribution is 7.15. The third-order valence-corrected chi connectivity index (χ3v) is 6.79. The summed E-state index contributed by atoms with van der Waals surface area (Å²) < 4.78 is 1.89. The van der Waals surface area contributed by atoms with E-state index in [1.54, 1.807) is 11.3 Å². The van der Waals surface area contributed by atoms with Crippen molar-refractivity contribution < 1.29 is 4.79 Å². The molecule has 0 bridgehead atoms. The fourth-order valence-electron chi connectivity index (χ4n) is 3.76. The van der Waals surface area contributed by atoms with Gasteiger partial charge in [-0.05, 0) is 58.4 Å². The summed E-state index contributed by atoms with van der Waals surface area (Å²) >= 11 is 1.78. The van der Waals surface area contributed by atoms with Crippen LogP contribution in [0.4, 0.5) is 5.13 Å². The predicted molar refractivity (Wildman–Crippen MR) is 111 cm³/mol. The number of aromatic nitrogens is 3. The standard InChI is InChI=1S/C20H31N5OS/c1-13-16(4)27-20(22-13)25-10-6-7-17(12-25)11-21-19(26)9-8-18-14(2)23-24(5)15(18)3/h17H,6-12H2,1-5H3,(H,21,26). The maximum Gasteiger partial charge on any atom is 0.220 e. The van der Waals surface area contributed by atoms with Gasteiger partial charge in [0.1, 0.15) is 0 Å². The molecule has 1 aliphatic rings. The Labute approximate surface area is 166 Å². The minimum Gasteiger partial charge on any atom is -0.356 e. The molecule has 1 fully saturated rings. The zero-order valence-corrected chi connectivity index (χ0v) is 17.9. The number of aryl methyl sites for hydroxylation is 4. The zero-order valence-electron chi connectivity index (χ0n) is 17.1. The first-order chi connectivity index (χ1) is 12.8. The normalized spacial score (nSPS) is 17.4. The van der Waals surface area contributed by atoms with Gasteiger partial charge in [-0.2, -0.15) is 5.10 Å². The fraction of sp³-hybridized carbons (Fsp3) is 0.650. The molecule has 2 aromatic heterocycles. The Bertz CT molecular complexity index is 790. The number of anilines is 1. The van der Waals surface area contributed by atoms with E-state index in [-0.39, 0.29) is 5.91 Å². The van der Waals surface area contributed by atoms with Gasteiger partial charge in [0, 0.05) is 43.7 Å². The first kappa shape index (κ1) is 19.9. The van der Waals surface area contributed by atoms with Gasteiger partial charge < -0.3 is 10.2 Å². The number of carbonyl (C=O) groups excluding carboxylic acids is 1. The van der Waals surface area contributed by atoms with Crippen LogP contribution >= 0.6 is 11.3 Å². The molecule has 0 saturated carbocycles. The van der Waals surface area contributed by atoms with E-state index in [1.165, 1.54) is 16.9 Å². The summed E-state index contributed by atoms with van der Waals surface area (Å²) in [7, 11) is 1.95. The van der Waals surface area contributed by atoms with Gasteiger partial charge in [-0.3, -0.25) is 9.48 Å². The first-order valence-electron chi connectivity index (χ1n) is 9.80. The summed E-state index contributed by atoms with van der Waals surface area (Å²) in [5.74, 6) is 0.629. The average Bonchev–Trinajstić information content (AvgIpc) is 3.10. The number of carbonyl (C=O) groups is 1. The summed E-state index contributed by atoms with van der Waals surface area (Å²) in [6, 6.07) is 0. The van der Waals surface area contributed by atoms with Crippen molar-refractivity contribution in [2.75, 3.05) is 24.5 Å². The number of hydrogen-bond donors (Lipinski definition) is 1. The lowest BCUT2D eigenvalue weighted by molar-refractivity contribution is -0.121. The summed E-state index contributed by atoms with van der Waals surface area (Å²) in [6.07, 6.45) is 3.60. The minimum absolute atomic E-state index is 0.135. The van der Waals surface area contributed by atoms with Crippen LogP contribution in [0.1, 0.15) is 46.8 Å². The molecule has 0 aliphatic carbocycles. The number of nitrogens with one attached hydrogen (secondary N) is 1. The third kappa shape index (κ3) is 4.69. The van der Waals surface area contributed by atoms with Crippen molar-refractivity contribution in [3.8, 4) is 0 Å². The molecule has 3 rings (SSSR count). The Morgan fingerprint density at radius 1 is 1.26 bits per heavy atom. The molecular weight excluding hydrogens is 358 g/mol. The minimum atomic E-state index is 0.135. The van der Waals surface area contributed by atoms with E-state index in [0.717, 1.165) is 54.7 Å². The molecule has 1 amide bonds. The SMILES string of the molecule is Cc1nc(N2CCCC(CNC(=O)CCc3c(C)nn(C)c3C)C2)sc1C. The second-order valence-corrected chi connectivity index (χ2v) is 8.85. The van der Waals surface area contributed by atoms with Crippen LogP contribution in [0.3, 0.4) is 0 Å². The van der Waals surface area contributed by atoms with Crippen LogP contribution in [0.25, 0.3) is 0 Å². The van der Waals surface area contributed by atoms with Crippen molar-refractivity contribution in [1.29, 1.82) is 0 Å². The fourth-order valence-corrected chi connectivity index (χ4v) is 4.71. The molecule has 1 aliphatic heterocycles. The number of hydrogen-bond acceptors (Lipinski definition) is 5. The van der Waals surface area contributed by atoms with Gasteiger partial charge in [0.05, 0.1) is 11.4 Å². The lowest BCUT2D eigenvalue weighted by Crippen LogP contribution is -2.41. The van der Waals surface area contributed by atoms with Crippen molar-refractivity contribution in [3.63, 3.8) is 0 Å². The zero-order chi connectivity index (χ0) is 19.6. The van der Waals surface area contributed by atoms with E-state index in [1.807, 2.05) is 18.7 Å². The second kappa shape index (κ2) is 8.42. The first-order valence-corrected chi connectivity index (χ1v) is 10.6. The van der Waals surface area contributed by atoms with Crippen molar-refractivity contribution >= 4 is 22.4 Å². The molecular formula is C20H31N5OS. The van der Waals surface area contributed by atoms with E-state index in [2.05, 4.69) is 36.1 Å². The number of thiazole rings is 1. The van der Waals surface area contributed by atoms with Gasteiger partial charge in [0.15, 0.2) is 5.13 Å². The molecule has 0 radical (unpaired) electrons. The van der Waals surface area contributed by atoms with Crippen molar-refractivity contribution in [2.24, 2.45) is 13.0 Å². The predicted octanol–water partition coefficient (Wildman–Crippen LogP) is 3.08. The van der Waals surface area contributed by atoms with Gasteiger partial charge in [0.2, 0.25) is 5.91 Å².